The quantitative estimate of drug-likeness (QED) is 0.347. The van der Waals surface area contributed by atoms with E-state index in [1.165, 1.54) is 32.1 Å². The minimum absolute atomic E-state index is 0.554. The van der Waals surface area contributed by atoms with Gasteiger partial charge in [-0.1, -0.05) is 38.5 Å². The zero-order chi connectivity index (χ0) is 10.6. The third-order valence-electron chi connectivity index (χ3n) is 2.04. The van der Waals surface area contributed by atoms with Gasteiger partial charge in [-0.05, 0) is 6.42 Å². The van der Waals surface area contributed by atoms with Gasteiger partial charge in [0.25, 0.3) is 0 Å². The van der Waals surface area contributed by atoms with E-state index >= 15 is 0 Å². The lowest BCUT2D eigenvalue weighted by molar-refractivity contribution is -0.116. The first-order chi connectivity index (χ1) is 6.81. The SMILES string of the molecule is CCCCCCCC#CCN(C)C=O. The van der Waals surface area contributed by atoms with Crippen LogP contribution in [0.5, 0.6) is 0 Å². The molecular weight excluding hydrogens is 174 g/mol. The standard InChI is InChI=1S/C12H21NO/c1-3-4-5-6-7-8-9-10-11-13(2)12-14/h12H,3-8,11H2,1-2H3. The molecule has 0 saturated heterocycles. The Kier molecular flexibility index (Phi) is 9.41. The molecule has 0 radical (unpaired) electrons. The molecule has 0 aliphatic rings. The summed E-state index contributed by atoms with van der Waals surface area (Å²) in [5, 5.41) is 0. The Labute approximate surface area is 87.7 Å². The molecule has 0 aromatic rings. The lowest BCUT2D eigenvalue weighted by Gasteiger charge is -2.02. The normalized spacial score (nSPS) is 9.00. The van der Waals surface area contributed by atoms with Crippen molar-refractivity contribution >= 4 is 6.41 Å². The highest BCUT2D eigenvalue weighted by molar-refractivity contribution is 5.47. The van der Waals surface area contributed by atoms with Crippen LogP contribution >= 0.6 is 0 Å². The van der Waals surface area contributed by atoms with Gasteiger partial charge in [-0.25, -0.2) is 0 Å². The molecule has 2 nitrogen and oxygen atoms in total. The summed E-state index contributed by atoms with van der Waals surface area (Å²) in [5.74, 6) is 6.05. The zero-order valence-corrected chi connectivity index (χ0v) is 9.38. The third kappa shape index (κ3) is 9.12. The van der Waals surface area contributed by atoms with Gasteiger partial charge < -0.3 is 4.90 Å². The largest absolute Gasteiger partial charge is 0.337 e. The summed E-state index contributed by atoms with van der Waals surface area (Å²) >= 11 is 0. The van der Waals surface area contributed by atoms with Gasteiger partial charge in [-0.2, -0.15) is 0 Å². The number of hydrogen-bond acceptors (Lipinski definition) is 1. The Hall–Kier alpha value is -0.970. The van der Waals surface area contributed by atoms with Gasteiger partial charge in [0.15, 0.2) is 0 Å². The maximum Gasteiger partial charge on any atom is 0.210 e. The van der Waals surface area contributed by atoms with Gasteiger partial charge in [-0.15, -0.1) is 5.92 Å². The van der Waals surface area contributed by atoms with Crippen LogP contribution < -0.4 is 0 Å². The molecule has 80 valence electrons. The Morgan fingerprint density at radius 1 is 1.14 bits per heavy atom. The van der Waals surface area contributed by atoms with E-state index in [4.69, 9.17) is 0 Å². The van der Waals surface area contributed by atoms with Gasteiger partial charge >= 0.3 is 0 Å². The first-order valence-electron chi connectivity index (χ1n) is 5.42. The highest BCUT2D eigenvalue weighted by Crippen LogP contribution is 2.03. The van der Waals surface area contributed by atoms with Crippen molar-refractivity contribution in [2.45, 2.75) is 45.4 Å². The minimum Gasteiger partial charge on any atom is -0.337 e. The van der Waals surface area contributed by atoms with Gasteiger partial charge in [0.05, 0.1) is 6.54 Å². The predicted molar refractivity (Wildman–Crippen MR) is 59.8 cm³/mol. The highest BCUT2D eigenvalue weighted by Gasteiger charge is 1.87. The summed E-state index contributed by atoms with van der Waals surface area (Å²) in [7, 11) is 1.74. The van der Waals surface area contributed by atoms with Crippen LogP contribution in [0.25, 0.3) is 0 Å². The second-order valence-electron chi connectivity index (χ2n) is 3.54. The molecule has 0 fully saturated rings. The average Bonchev–Trinajstić information content (AvgIpc) is 2.21. The van der Waals surface area contributed by atoms with Crippen molar-refractivity contribution in [3.8, 4) is 11.8 Å². The molecule has 0 rings (SSSR count). The molecule has 14 heavy (non-hydrogen) atoms. The monoisotopic (exact) mass is 195 g/mol. The second-order valence-corrected chi connectivity index (χ2v) is 3.54. The van der Waals surface area contributed by atoms with E-state index < -0.39 is 0 Å². The summed E-state index contributed by atoms with van der Waals surface area (Å²) in [6.07, 6.45) is 8.19. The Balaban J connectivity index is 3.21. The van der Waals surface area contributed by atoms with E-state index in [0.717, 1.165) is 12.8 Å². The van der Waals surface area contributed by atoms with Crippen LogP contribution in [-0.2, 0) is 4.79 Å². The van der Waals surface area contributed by atoms with E-state index in [2.05, 4.69) is 18.8 Å². The lowest BCUT2D eigenvalue weighted by Crippen LogP contribution is -2.15. The van der Waals surface area contributed by atoms with Crippen LogP contribution in [0.2, 0.25) is 0 Å². The Morgan fingerprint density at radius 2 is 1.86 bits per heavy atom. The molecule has 0 atom stereocenters. The molecule has 0 aliphatic carbocycles. The molecule has 1 amide bonds. The van der Waals surface area contributed by atoms with E-state index in [9.17, 15) is 4.79 Å². The number of carbonyl (C=O) groups is 1. The summed E-state index contributed by atoms with van der Waals surface area (Å²) in [6.45, 7) is 2.77. The van der Waals surface area contributed by atoms with Crippen molar-refractivity contribution in [1.82, 2.24) is 4.90 Å². The summed E-state index contributed by atoms with van der Waals surface area (Å²) < 4.78 is 0. The topological polar surface area (TPSA) is 20.3 Å². The molecule has 0 heterocycles. The fourth-order valence-electron chi connectivity index (χ4n) is 1.12. The average molecular weight is 195 g/mol. The highest BCUT2D eigenvalue weighted by atomic mass is 16.1. The van der Waals surface area contributed by atoms with Crippen LogP contribution in [0.4, 0.5) is 0 Å². The molecular formula is C12H21NO. The molecule has 0 N–H and O–H groups in total. The van der Waals surface area contributed by atoms with Crippen LogP contribution in [0.15, 0.2) is 0 Å². The van der Waals surface area contributed by atoms with Crippen LogP contribution in [0.1, 0.15) is 45.4 Å². The molecule has 0 saturated carbocycles. The van der Waals surface area contributed by atoms with Crippen molar-refractivity contribution in [2.24, 2.45) is 0 Å². The smallest absolute Gasteiger partial charge is 0.210 e. The summed E-state index contributed by atoms with van der Waals surface area (Å²) in [6, 6.07) is 0. The summed E-state index contributed by atoms with van der Waals surface area (Å²) in [4.78, 5) is 11.7. The van der Waals surface area contributed by atoms with E-state index in [1.54, 1.807) is 11.9 Å². The van der Waals surface area contributed by atoms with Crippen molar-refractivity contribution in [1.29, 1.82) is 0 Å². The Morgan fingerprint density at radius 3 is 2.50 bits per heavy atom. The number of hydrogen-bond donors (Lipinski definition) is 0. The van der Waals surface area contributed by atoms with Gasteiger partial charge in [-0.3, -0.25) is 4.79 Å². The predicted octanol–water partition coefficient (Wildman–Crippen LogP) is 2.44. The van der Waals surface area contributed by atoms with Crippen molar-refractivity contribution in [3.63, 3.8) is 0 Å². The number of nitrogens with zero attached hydrogens (tertiary/aromatic N) is 1. The van der Waals surface area contributed by atoms with Crippen molar-refractivity contribution in [2.75, 3.05) is 13.6 Å². The van der Waals surface area contributed by atoms with Crippen molar-refractivity contribution < 1.29 is 4.79 Å². The molecule has 0 aliphatic heterocycles. The lowest BCUT2D eigenvalue weighted by atomic mass is 10.1. The molecule has 0 aromatic heterocycles. The second kappa shape index (κ2) is 10.1. The first kappa shape index (κ1) is 13.0. The van der Waals surface area contributed by atoms with Gasteiger partial charge in [0, 0.05) is 13.5 Å². The van der Waals surface area contributed by atoms with Crippen LogP contribution in [0.3, 0.4) is 0 Å². The van der Waals surface area contributed by atoms with Crippen LogP contribution in [-0.4, -0.2) is 24.9 Å². The van der Waals surface area contributed by atoms with Crippen molar-refractivity contribution in [3.05, 3.63) is 0 Å². The van der Waals surface area contributed by atoms with Crippen LogP contribution in [0, 0.1) is 11.8 Å². The van der Waals surface area contributed by atoms with E-state index in [-0.39, 0.29) is 0 Å². The maximum absolute atomic E-state index is 10.2. The molecule has 0 unspecified atom stereocenters. The van der Waals surface area contributed by atoms with Gasteiger partial charge in [0.2, 0.25) is 6.41 Å². The molecule has 0 aromatic carbocycles. The fraction of sp³-hybridized carbons (Fsp3) is 0.750. The summed E-state index contributed by atoms with van der Waals surface area (Å²) in [5.41, 5.74) is 0. The first-order valence-corrected chi connectivity index (χ1v) is 5.42. The maximum atomic E-state index is 10.2. The minimum atomic E-state index is 0.554. The molecule has 2 heteroatoms. The fourth-order valence-corrected chi connectivity index (χ4v) is 1.12. The molecule has 0 spiro atoms. The third-order valence-corrected chi connectivity index (χ3v) is 2.04. The van der Waals surface area contributed by atoms with Gasteiger partial charge in [0.1, 0.15) is 0 Å². The number of carbonyl (C=O) groups excluding carboxylic acids is 1. The molecule has 0 bridgehead atoms. The Bertz CT molecular complexity index is 190. The van der Waals surface area contributed by atoms with E-state index in [1.807, 2.05) is 0 Å². The van der Waals surface area contributed by atoms with E-state index in [0.29, 0.717) is 6.54 Å². The number of unbranched alkanes of at least 4 members (excludes halogenated alkanes) is 5. The zero-order valence-electron chi connectivity index (χ0n) is 9.38. The number of amides is 1. The number of rotatable bonds is 7.